The smallest absolute Gasteiger partial charge is 0.207 e. The number of nitrogens with one attached hydrogen (secondary N) is 1. The zero-order valence-corrected chi connectivity index (χ0v) is 14.4. The van der Waals surface area contributed by atoms with Gasteiger partial charge in [-0.25, -0.2) is 13.1 Å². The summed E-state index contributed by atoms with van der Waals surface area (Å²) in [6, 6.07) is 14.3. The van der Waals surface area contributed by atoms with Gasteiger partial charge in [-0.1, -0.05) is 52.7 Å². The molecule has 21 heavy (non-hydrogen) atoms. The summed E-state index contributed by atoms with van der Waals surface area (Å²) in [4.78, 5) is 0.293. The van der Waals surface area contributed by atoms with Crippen molar-refractivity contribution in [2.45, 2.75) is 31.2 Å². The molecule has 0 amide bonds. The van der Waals surface area contributed by atoms with E-state index in [1.165, 1.54) is 0 Å². The molecule has 0 aromatic heterocycles. The number of hydrogen-bond acceptors (Lipinski definition) is 2. The topological polar surface area (TPSA) is 46.2 Å². The van der Waals surface area contributed by atoms with E-state index in [4.69, 9.17) is 0 Å². The lowest BCUT2D eigenvalue weighted by molar-refractivity contribution is 0.550. The van der Waals surface area contributed by atoms with Crippen LogP contribution in [0.1, 0.15) is 30.5 Å². The molecule has 3 nitrogen and oxygen atoms in total. The van der Waals surface area contributed by atoms with E-state index in [0.717, 1.165) is 15.6 Å². The Labute approximate surface area is 134 Å². The molecule has 0 unspecified atom stereocenters. The van der Waals surface area contributed by atoms with Gasteiger partial charge in [0.15, 0.2) is 0 Å². The Morgan fingerprint density at radius 1 is 1.14 bits per heavy atom. The van der Waals surface area contributed by atoms with Gasteiger partial charge >= 0.3 is 0 Å². The van der Waals surface area contributed by atoms with Gasteiger partial charge in [0.2, 0.25) is 10.0 Å². The highest BCUT2D eigenvalue weighted by molar-refractivity contribution is 9.10. The fourth-order valence-corrected chi connectivity index (χ4v) is 3.81. The quantitative estimate of drug-likeness (QED) is 0.860. The molecule has 112 valence electrons. The van der Waals surface area contributed by atoms with Gasteiger partial charge in [0.25, 0.3) is 0 Å². The summed E-state index contributed by atoms with van der Waals surface area (Å²) in [7, 11) is -3.51. The molecule has 0 spiro atoms. The van der Waals surface area contributed by atoms with Crippen molar-refractivity contribution in [2.75, 3.05) is 0 Å². The van der Waals surface area contributed by atoms with E-state index in [9.17, 15) is 8.42 Å². The molecule has 0 bridgehead atoms. The standard InChI is InChI=1S/C16H18BrNO2S/c1-3-16(13-5-4-6-14(17)11-13)18-21(19,20)15-9-7-12(2)8-10-15/h4-11,16,18H,3H2,1-2H3/t16-/m1/s1. The molecule has 1 atom stereocenters. The number of sulfonamides is 1. The van der Waals surface area contributed by atoms with Gasteiger partial charge in [0, 0.05) is 10.5 Å². The Hall–Kier alpha value is -1.17. The maximum Gasteiger partial charge on any atom is 0.241 e. The second-order valence-corrected chi connectivity index (χ2v) is 7.58. The van der Waals surface area contributed by atoms with Crippen LogP contribution in [0.5, 0.6) is 0 Å². The molecule has 0 fully saturated rings. The summed E-state index contributed by atoms with van der Waals surface area (Å²) in [5.74, 6) is 0. The molecule has 0 aliphatic rings. The molecule has 0 aliphatic carbocycles. The van der Waals surface area contributed by atoms with Crippen molar-refractivity contribution in [3.63, 3.8) is 0 Å². The molecule has 5 heteroatoms. The average molecular weight is 368 g/mol. The first-order valence-corrected chi connectivity index (χ1v) is 9.04. The van der Waals surface area contributed by atoms with Crippen LogP contribution in [0.3, 0.4) is 0 Å². The molecule has 0 heterocycles. The largest absolute Gasteiger partial charge is 0.241 e. The van der Waals surface area contributed by atoms with E-state index < -0.39 is 10.0 Å². The van der Waals surface area contributed by atoms with Crippen molar-refractivity contribution in [3.05, 3.63) is 64.1 Å². The third kappa shape index (κ3) is 4.15. The maximum absolute atomic E-state index is 12.4. The van der Waals surface area contributed by atoms with Gasteiger partial charge in [0.1, 0.15) is 0 Å². The van der Waals surface area contributed by atoms with Crippen molar-refractivity contribution < 1.29 is 8.42 Å². The zero-order valence-electron chi connectivity index (χ0n) is 12.0. The van der Waals surface area contributed by atoms with Gasteiger partial charge in [-0.05, 0) is 43.2 Å². The first-order chi connectivity index (χ1) is 9.92. The first-order valence-electron chi connectivity index (χ1n) is 6.77. The minimum atomic E-state index is -3.51. The molecular formula is C16H18BrNO2S. The van der Waals surface area contributed by atoms with E-state index >= 15 is 0 Å². The van der Waals surface area contributed by atoms with Crippen molar-refractivity contribution >= 4 is 26.0 Å². The molecule has 2 aromatic carbocycles. The lowest BCUT2D eigenvalue weighted by atomic mass is 10.1. The van der Waals surface area contributed by atoms with Crippen LogP contribution in [0, 0.1) is 6.92 Å². The summed E-state index contributed by atoms with van der Waals surface area (Å²) < 4.78 is 28.6. The van der Waals surface area contributed by atoms with E-state index in [1.807, 2.05) is 38.1 Å². The fourth-order valence-electron chi connectivity index (χ4n) is 2.08. The third-order valence-corrected chi connectivity index (χ3v) is 5.27. The second kappa shape index (κ2) is 6.73. The highest BCUT2D eigenvalue weighted by Gasteiger charge is 2.20. The van der Waals surface area contributed by atoms with Gasteiger partial charge < -0.3 is 0 Å². The Kier molecular flexibility index (Phi) is 5.19. The maximum atomic E-state index is 12.4. The number of hydrogen-bond donors (Lipinski definition) is 1. The van der Waals surface area contributed by atoms with Crippen LogP contribution in [-0.2, 0) is 10.0 Å². The van der Waals surface area contributed by atoms with Crippen LogP contribution in [0.4, 0.5) is 0 Å². The van der Waals surface area contributed by atoms with Gasteiger partial charge in [-0.3, -0.25) is 0 Å². The Morgan fingerprint density at radius 3 is 2.38 bits per heavy atom. The second-order valence-electron chi connectivity index (χ2n) is 4.95. The molecule has 2 rings (SSSR count). The van der Waals surface area contributed by atoms with Gasteiger partial charge in [0.05, 0.1) is 4.90 Å². The van der Waals surface area contributed by atoms with Crippen molar-refractivity contribution in [3.8, 4) is 0 Å². The lowest BCUT2D eigenvalue weighted by Gasteiger charge is -2.18. The minimum absolute atomic E-state index is 0.242. The van der Waals surface area contributed by atoms with Crippen LogP contribution in [0.25, 0.3) is 0 Å². The summed E-state index contributed by atoms with van der Waals surface area (Å²) >= 11 is 3.41. The lowest BCUT2D eigenvalue weighted by Crippen LogP contribution is -2.28. The van der Waals surface area contributed by atoms with Crippen LogP contribution in [0.15, 0.2) is 57.9 Å². The minimum Gasteiger partial charge on any atom is -0.207 e. The first kappa shape index (κ1) is 16.2. The molecule has 0 radical (unpaired) electrons. The summed E-state index contributed by atoms with van der Waals surface area (Å²) in [6.45, 7) is 3.89. The van der Waals surface area contributed by atoms with Crippen LogP contribution in [0.2, 0.25) is 0 Å². The molecule has 1 N–H and O–H groups in total. The monoisotopic (exact) mass is 367 g/mol. The Bertz CT molecular complexity index is 711. The predicted octanol–water partition coefficient (Wildman–Crippen LogP) is 4.19. The van der Waals surface area contributed by atoms with E-state index in [1.54, 1.807) is 24.3 Å². The van der Waals surface area contributed by atoms with E-state index in [2.05, 4.69) is 20.7 Å². The highest BCUT2D eigenvalue weighted by atomic mass is 79.9. The molecule has 0 aliphatic heterocycles. The normalized spacial score (nSPS) is 13.1. The summed E-state index contributed by atoms with van der Waals surface area (Å²) in [5.41, 5.74) is 1.98. The molecule has 0 saturated carbocycles. The third-order valence-electron chi connectivity index (χ3n) is 3.29. The molecular weight excluding hydrogens is 350 g/mol. The predicted molar refractivity (Wildman–Crippen MR) is 88.7 cm³/mol. The number of benzene rings is 2. The number of rotatable bonds is 5. The summed E-state index contributed by atoms with van der Waals surface area (Å²) in [6.07, 6.45) is 0.682. The molecule has 0 saturated heterocycles. The summed E-state index contributed by atoms with van der Waals surface area (Å²) in [5, 5.41) is 0. The highest BCUT2D eigenvalue weighted by Crippen LogP contribution is 2.23. The van der Waals surface area contributed by atoms with Crippen molar-refractivity contribution in [2.24, 2.45) is 0 Å². The SMILES string of the molecule is CC[C@@H](NS(=O)(=O)c1ccc(C)cc1)c1cccc(Br)c1. The van der Waals surface area contributed by atoms with Crippen molar-refractivity contribution in [1.29, 1.82) is 0 Å². The zero-order chi connectivity index (χ0) is 15.5. The molecule has 2 aromatic rings. The number of halogens is 1. The van der Waals surface area contributed by atoms with Gasteiger partial charge in [-0.2, -0.15) is 0 Å². The van der Waals surface area contributed by atoms with Crippen molar-refractivity contribution in [1.82, 2.24) is 4.72 Å². The number of aryl methyl sites for hydroxylation is 1. The van der Waals surface area contributed by atoms with Crippen LogP contribution >= 0.6 is 15.9 Å². The van der Waals surface area contributed by atoms with Gasteiger partial charge in [-0.15, -0.1) is 0 Å². The van der Waals surface area contributed by atoms with Crippen LogP contribution < -0.4 is 4.72 Å². The van der Waals surface area contributed by atoms with E-state index in [-0.39, 0.29) is 6.04 Å². The fraction of sp³-hybridized carbons (Fsp3) is 0.250. The van der Waals surface area contributed by atoms with E-state index in [0.29, 0.717) is 11.3 Å². The van der Waals surface area contributed by atoms with Crippen LogP contribution in [-0.4, -0.2) is 8.42 Å². The average Bonchev–Trinajstić information content (AvgIpc) is 2.45. The Balaban J connectivity index is 2.27. The Morgan fingerprint density at radius 2 is 1.81 bits per heavy atom.